The Labute approximate surface area is 107 Å². The molecule has 1 heterocycles. The third-order valence-electron chi connectivity index (χ3n) is 3.66. The maximum atomic E-state index is 12.9. The average molecular weight is 250 g/mol. The molecule has 0 aliphatic carbocycles. The fraction of sp³-hybridized carbons (Fsp3) is 0.500. The van der Waals surface area contributed by atoms with Crippen molar-refractivity contribution in [2.24, 2.45) is 11.8 Å². The zero-order valence-electron chi connectivity index (χ0n) is 10.8. The summed E-state index contributed by atoms with van der Waals surface area (Å²) in [5, 5.41) is 0. The first-order valence-electron chi connectivity index (χ1n) is 6.29. The standard InChI is InChI=1S/C14H19FN2O/c1-9(2)11-5-14(18)17(8-11)7-10-3-4-12(15)6-13(10)16/h3-4,6,9,11H,5,7-8,16H2,1-2H3. The van der Waals surface area contributed by atoms with Crippen molar-refractivity contribution >= 4 is 11.6 Å². The summed E-state index contributed by atoms with van der Waals surface area (Å²) in [7, 11) is 0. The van der Waals surface area contributed by atoms with Crippen LogP contribution in [0.2, 0.25) is 0 Å². The topological polar surface area (TPSA) is 46.3 Å². The number of hydrogen-bond donors (Lipinski definition) is 1. The van der Waals surface area contributed by atoms with Crippen LogP contribution in [0.4, 0.5) is 10.1 Å². The van der Waals surface area contributed by atoms with Gasteiger partial charge in [-0.05, 0) is 29.5 Å². The van der Waals surface area contributed by atoms with Gasteiger partial charge in [0.05, 0.1) is 0 Å². The molecular weight excluding hydrogens is 231 g/mol. The third-order valence-corrected chi connectivity index (χ3v) is 3.66. The molecule has 1 aliphatic rings. The van der Waals surface area contributed by atoms with Crippen molar-refractivity contribution in [3.8, 4) is 0 Å². The van der Waals surface area contributed by atoms with Crippen molar-refractivity contribution in [3.63, 3.8) is 0 Å². The van der Waals surface area contributed by atoms with Crippen LogP contribution in [0.5, 0.6) is 0 Å². The zero-order chi connectivity index (χ0) is 13.3. The van der Waals surface area contributed by atoms with E-state index in [2.05, 4.69) is 13.8 Å². The van der Waals surface area contributed by atoms with Crippen LogP contribution >= 0.6 is 0 Å². The van der Waals surface area contributed by atoms with Gasteiger partial charge in [0, 0.05) is 25.2 Å². The Kier molecular flexibility index (Phi) is 3.55. The first-order valence-corrected chi connectivity index (χ1v) is 6.29. The Morgan fingerprint density at radius 3 is 2.78 bits per heavy atom. The number of benzene rings is 1. The Morgan fingerprint density at radius 1 is 1.50 bits per heavy atom. The van der Waals surface area contributed by atoms with Crippen molar-refractivity contribution in [3.05, 3.63) is 29.6 Å². The molecular formula is C14H19FN2O. The predicted molar refractivity (Wildman–Crippen MR) is 69.2 cm³/mol. The van der Waals surface area contributed by atoms with Crippen molar-refractivity contribution in [2.45, 2.75) is 26.8 Å². The predicted octanol–water partition coefficient (Wildman–Crippen LogP) is 2.41. The van der Waals surface area contributed by atoms with E-state index in [1.807, 2.05) is 4.90 Å². The van der Waals surface area contributed by atoms with Crippen LogP contribution in [0.1, 0.15) is 25.8 Å². The molecule has 2 N–H and O–H groups in total. The lowest BCUT2D eigenvalue weighted by molar-refractivity contribution is -0.128. The second kappa shape index (κ2) is 4.96. The van der Waals surface area contributed by atoms with E-state index >= 15 is 0 Å². The highest BCUT2D eigenvalue weighted by atomic mass is 19.1. The number of anilines is 1. The van der Waals surface area contributed by atoms with Gasteiger partial charge < -0.3 is 10.6 Å². The van der Waals surface area contributed by atoms with Crippen LogP contribution < -0.4 is 5.73 Å². The van der Waals surface area contributed by atoms with Crippen molar-refractivity contribution in [1.29, 1.82) is 0 Å². The Hall–Kier alpha value is -1.58. The second-order valence-corrected chi connectivity index (χ2v) is 5.33. The lowest BCUT2D eigenvalue weighted by Gasteiger charge is -2.19. The first-order chi connectivity index (χ1) is 8.47. The number of halogens is 1. The van der Waals surface area contributed by atoms with Crippen LogP contribution in [-0.4, -0.2) is 17.4 Å². The van der Waals surface area contributed by atoms with Crippen LogP contribution in [0.3, 0.4) is 0 Å². The summed E-state index contributed by atoms with van der Waals surface area (Å²) < 4.78 is 12.9. The van der Waals surface area contributed by atoms with E-state index in [4.69, 9.17) is 5.73 Å². The van der Waals surface area contributed by atoms with Gasteiger partial charge >= 0.3 is 0 Å². The van der Waals surface area contributed by atoms with Crippen molar-refractivity contribution in [1.82, 2.24) is 4.90 Å². The van der Waals surface area contributed by atoms with Gasteiger partial charge in [-0.15, -0.1) is 0 Å². The highest BCUT2D eigenvalue weighted by Crippen LogP contribution is 2.27. The summed E-state index contributed by atoms with van der Waals surface area (Å²) in [6.07, 6.45) is 0.610. The molecule has 98 valence electrons. The molecule has 0 bridgehead atoms. The molecule has 3 nitrogen and oxygen atoms in total. The average Bonchev–Trinajstić information content (AvgIpc) is 2.64. The largest absolute Gasteiger partial charge is 0.398 e. The summed E-state index contributed by atoms with van der Waals surface area (Å²) >= 11 is 0. The van der Waals surface area contributed by atoms with Gasteiger partial charge in [0.25, 0.3) is 0 Å². The molecule has 1 aromatic rings. The zero-order valence-corrected chi connectivity index (χ0v) is 10.8. The number of carbonyl (C=O) groups excluding carboxylic acids is 1. The molecule has 1 unspecified atom stereocenters. The minimum atomic E-state index is -0.343. The molecule has 0 spiro atoms. The number of hydrogen-bond acceptors (Lipinski definition) is 2. The maximum absolute atomic E-state index is 12.9. The minimum Gasteiger partial charge on any atom is -0.398 e. The highest BCUT2D eigenvalue weighted by Gasteiger charge is 2.31. The summed E-state index contributed by atoms with van der Waals surface area (Å²) in [6, 6.07) is 4.34. The van der Waals surface area contributed by atoms with E-state index < -0.39 is 0 Å². The quantitative estimate of drug-likeness (QED) is 0.837. The van der Waals surface area contributed by atoms with Crippen molar-refractivity contribution in [2.75, 3.05) is 12.3 Å². The summed E-state index contributed by atoms with van der Waals surface area (Å²) in [5.74, 6) is 0.741. The Balaban J connectivity index is 2.08. The smallest absolute Gasteiger partial charge is 0.223 e. The van der Waals surface area contributed by atoms with E-state index in [9.17, 15) is 9.18 Å². The fourth-order valence-electron chi connectivity index (χ4n) is 2.32. The minimum absolute atomic E-state index is 0.164. The molecule has 0 aromatic heterocycles. The van der Waals surface area contributed by atoms with Crippen LogP contribution in [0.15, 0.2) is 18.2 Å². The van der Waals surface area contributed by atoms with E-state index in [0.29, 0.717) is 30.5 Å². The van der Waals surface area contributed by atoms with E-state index in [1.165, 1.54) is 12.1 Å². The van der Waals surface area contributed by atoms with E-state index in [-0.39, 0.29) is 11.7 Å². The van der Waals surface area contributed by atoms with Gasteiger partial charge in [0.15, 0.2) is 0 Å². The molecule has 0 saturated carbocycles. The number of rotatable bonds is 3. The maximum Gasteiger partial charge on any atom is 0.223 e. The van der Waals surface area contributed by atoms with Gasteiger partial charge in [-0.1, -0.05) is 19.9 Å². The molecule has 18 heavy (non-hydrogen) atoms. The summed E-state index contributed by atoms with van der Waals surface area (Å²) in [5.41, 5.74) is 6.99. The van der Waals surface area contributed by atoms with Gasteiger partial charge in [-0.3, -0.25) is 4.79 Å². The molecule has 1 amide bonds. The molecule has 4 heteroatoms. The van der Waals surface area contributed by atoms with E-state index in [1.54, 1.807) is 6.07 Å². The monoisotopic (exact) mass is 250 g/mol. The molecule has 1 saturated heterocycles. The lowest BCUT2D eigenvalue weighted by Crippen LogP contribution is -2.25. The number of nitrogen functional groups attached to an aromatic ring is 1. The van der Waals surface area contributed by atoms with E-state index in [0.717, 1.165) is 12.1 Å². The van der Waals surface area contributed by atoms with Gasteiger partial charge in [-0.2, -0.15) is 0 Å². The first kappa shape index (κ1) is 12.9. The lowest BCUT2D eigenvalue weighted by atomic mass is 9.95. The number of nitrogens with zero attached hydrogens (tertiary/aromatic N) is 1. The Bertz CT molecular complexity index is 459. The SMILES string of the molecule is CC(C)C1CC(=O)N(Cc2ccc(F)cc2N)C1. The van der Waals surface area contributed by atoms with Crippen LogP contribution in [0.25, 0.3) is 0 Å². The number of carbonyl (C=O) groups is 1. The molecule has 1 aliphatic heterocycles. The molecule has 1 aromatic carbocycles. The van der Waals surface area contributed by atoms with Gasteiger partial charge in [0.1, 0.15) is 5.82 Å². The summed E-state index contributed by atoms with van der Waals surface area (Å²) in [4.78, 5) is 13.7. The van der Waals surface area contributed by atoms with Gasteiger partial charge in [0.2, 0.25) is 5.91 Å². The van der Waals surface area contributed by atoms with Gasteiger partial charge in [-0.25, -0.2) is 4.39 Å². The Morgan fingerprint density at radius 2 is 2.22 bits per heavy atom. The molecule has 1 fully saturated rings. The third kappa shape index (κ3) is 2.63. The summed E-state index contributed by atoms with van der Waals surface area (Å²) in [6.45, 7) is 5.52. The fourth-order valence-corrected chi connectivity index (χ4v) is 2.32. The number of likely N-dealkylation sites (tertiary alicyclic amines) is 1. The molecule has 0 radical (unpaired) electrons. The normalized spacial score (nSPS) is 19.9. The highest BCUT2D eigenvalue weighted by molar-refractivity contribution is 5.78. The number of nitrogens with two attached hydrogens (primary N) is 1. The van der Waals surface area contributed by atoms with Crippen LogP contribution in [0, 0.1) is 17.7 Å². The van der Waals surface area contributed by atoms with Crippen LogP contribution in [-0.2, 0) is 11.3 Å². The van der Waals surface area contributed by atoms with Crippen molar-refractivity contribution < 1.29 is 9.18 Å². The second-order valence-electron chi connectivity index (χ2n) is 5.33. The molecule has 1 atom stereocenters. The molecule has 2 rings (SSSR count). The number of amides is 1.